The molecule has 162 valence electrons. The van der Waals surface area contributed by atoms with E-state index in [4.69, 9.17) is 9.47 Å². The number of nitrogens with one attached hydrogen (secondary N) is 1. The molecule has 0 amide bonds. The summed E-state index contributed by atoms with van der Waals surface area (Å²) in [6.45, 7) is 9.13. The third kappa shape index (κ3) is 5.46. The Morgan fingerprint density at radius 2 is 1.68 bits per heavy atom. The molecule has 3 aromatic carbocycles. The van der Waals surface area contributed by atoms with Crippen molar-refractivity contribution in [3.05, 3.63) is 89.5 Å². The first-order valence-electron chi connectivity index (χ1n) is 11.3. The van der Waals surface area contributed by atoms with E-state index in [0.29, 0.717) is 0 Å². The Labute approximate surface area is 185 Å². The first-order valence-corrected chi connectivity index (χ1v) is 11.3. The van der Waals surface area contributed by atoms with Gasteiger partial charge in [-0.3, -0.25) is 0 Å². The molecule has 1 heterocycles. The first kappa shape index (κ1) is 21.4. The highest BCUT2D eigenvalue weighted by Gasteiger charge is 2.22. The minimum absolute atomic E-state index is 0.160. The third-order valence-electron chi connectivity index (χ3n) is 5.91. The highest BCUT2D eigenvalue weighted by Crippen LogP contribution is 2.33. The van der Waals surface area contributed by atoms with E-state index in [-0.39, 0.29) is 6.04 Å². The van der Waals surface area contributed by atoms with Crippen molar-refractivity contribution in [2.24, 2.45) is 0 Å². The normalized spacial score (nSPS) is 15.5. The van der Waals surface area contributed by atoms with Crippen LogP contribution >= 0.6 is 0 Å². The molecule has 0 saturated heterocycles. The van der Waals surface area contributed by atoms with Crippen LogP contribution in [0.2, 0.25) is 0 Å². The van der Waals surface area contributed by atoms with Gasteiger partial charge in [-0.15, -0.1) is 0 Å². The molecule has 0 aliphatic carbocycles. The number of para-hydroxylation sites is 1. The molecule has 4 nitrogen and oxygen atoms in total. The molecule has 0 bridgehead atoms. The fraction of sp³-hybridized carbons (Fsp3) is 0.333. The van der Waals surface area contributed by atoms with Crippen LogP contribution in [0.3, 0.4) is 0 Å². The molecular formula is C27H32N2O2. The van der Waals surface area contributed by atoms with Crippen molar-refractivity contribution in [1.82, 2.24) is 10.2 Å². The van der Waals surface area contributed by atoms with Gasteiger partial charge in [0.2, 0.25) is 0 Å². The molecule has 0 aromatic heterocycles. The molecule has 4 heteroatoms. The molecule has 0 radical (unpaired) electrons. The maximum Gasteiger partial charge on any atom is 0.127 e. The zero-order chi connectivity index (χ0) is 21.5. The van der Waals surface area contributed by atoms with Gasteiger partial charge >= 0.3 is 0 Å². The predicted molar refractivity (Wildman–Crippen MR) is 126 cm³/mol. The molecule has 31 heavy (non-hydrogen) atoms. The lowest BCUT2D eigenvalue weighted by Gasteiger charge is -2.28. The number of likely N-dealkylation sites (N-methyl/N-ethyl adjacent to an activating group) is 1. The van der Waals surface area contributed by atoms with Crippen LogP contribution in [-0.4, -0.2) is 37.7 Å². The van der Waals surface area contributed by atoms with E-state index in [1.807, 2.05) is 36.4 Å². The number of rotatable bonds is 9. The summed E-state index contributed by atoms with van der Waals surface area (Å²) in [4.78, 5) is 2.38. The Morgan fingerprint density at radius 3 is 2.48 bits per heavy atom. The van der Waals surface area contributed by atoms with Gasteiger partial charge in [-0.25, -0.2) is 0 Å². The van der Waals surface area contributed by atoms with Crippen LogP contribution in [0.1, 0.15) is 36.6 Å². The standard InChI is InChI=1S/C27H32N2O2/c1-3-29(4-2)17-18-30-24-13-14-26-21(19-24)15-16-28-27(26)22-9-8-12-25(20-22)31-23-10-6-5-7-11-23/h5-14,19-20,27-28H,3-4,15-18H2,1-2H3. The summed E-state index contributed by atoms with van der Waals surface area (Å²) in [6, 6.07) is 25.0. The van der Waals surface area contributed by atoms with Crippen LogP contribution < -0.4 is 14.8 Å². The van der Waals surface area contributed by atoms with Crippen molar-refractivity contribution in [1.29, 1.82) is 0 Å². The van der Waals surface area contributed by atoms with Crippen molar-refractivity contribution in [3.8, 4) is 17.2 Å². The molecule has 0 spiro atoms. The number of ether oxygens (including phenoxy) is 2. The Hall–Kier alpha value is -2.82. The molecule has 1 aliphatic heterocycles. The van der Waals surface area contributed by atoms with Crippen LogP contribution in [0.15, 0.2) is 72.8 Å². The van der Waals surface area contributed by atoms with Gasteiger partial charge in [-0.2, -0.15) is 0 Å². The molecule has 1 N–H and O–H groups in total. The molecular weight excluding hydrogens is 384 g/mol. The summed E-state index contributed by atoms with van der Waals surface area (Å²) < 4.78 is 12.1. The molecule has 1 aliphatic rings. The number of hydrogen-bond donors (Lipinski definition) is 1. The molecule has 1 unspecified atom stereocenters. The van der Waals surface area contributed by atoms with Crippen LogP contribution in [0.5, 0.6) is 17.2 Å². The minimum Gasteiger partial charge on any atom is -0.492 e. The molecule has 0 saturated carbocycles. The summed E-state index contributed by atoms with van der Waals surface area (Å²) in [5.41, 5.74) is 3.89. The monoisotopic (exact) mass is 416 g/mol. The van der Waals surface area contributed by atoms with E-state index in [0.717, 1.165) is 56.5 Å². The summed E-state index contributed by atoms with van der Waals surface area (Å²) in [5, 5.41) is 3.67. The molecule has 1 atom stereocenters. The SMILES string of the molecule is CCN(CC)CCOc1ccc2c(c1)CCNC2c1cccc(Oc2ccccc2)c1. The smallest absolute Gasteiger partial charge is 0.127 e. The maximum absolute atomic E-state index is 6.05. The van der Waals surface area contributed by atoms with Crippen molar-refractivity contribution < 1.29 is 9.47 Å². The van der Waals surface area contributed by atoms with Gasteiger partial charge in [0.05, 0.1) is 6.04 Å². The lowest BCUT2D eigenvalue weighted by Crippen LogP contribution is -2.30. The number of hydrogen-bond acceptors (Lipinski definition) is 4. The summed E-state index contributed by atoms with van der Waals surface area (Å²) >= 11 is 0. The summed E-state index contributed by atoms with van der Waals surface area (Å²) in [6.07, 6.45) is 1.01. The van der Waals surface area contributed by atoms with E-state index >= 15 is 0 Å². The second kappa shape index (κ2) is 10.5. The highest BCUT2D eigenvalue weighted by molar-refractivity contribution is 5.45. The topological polar surface area (TPSA) is 33.7 Å². The lowest BCUT2D eigenvalue weighted by molar-refractivity contribution is 0.222. The third-order valence-corrected chi connectivity index (χ3v) is 5.91. The van der Waals surface area contributed by atoms with Gasteiger partial charge in [0, 0.05) is 13.1 Å². The number of fused-ring (bicyclic) bond motifs is 1. The Kier molecular flexibility index (Phi) is 7.23. The van der Waals surface area contributed by atoms with Crippen molar-refractivity contribution >= 4 is 0 Å². The number of nitrogens with zero attached hydrogens (tertiary/aromatic N) is 1. The molecule has 3 aromatic rings. The quantitative estimate of drug-likeness (QED) is 0.504. The Bertz CT molecular complexity index is 970. The minimum atomic E-state index is 0.160. The van der Waals surface area contributed by atoms with Crippen LogP contribution in [0.25, 0.3) is 0 Å². The predicted octanol–water partition coefficient (Wildman–Crippen LogP) is 5.43. The average Bonchev–Trinajstić information content (AvgIpc) is 2.82. The van der Waals surface area contributed by atoms with Gasteiger partial charge < -0.3 is 19.7 Å². The van der Waals surface area contributed by atoms with Crippen molar-refractivity contribution in [2.45, 2.75) is 26.3 Å². The van der Waals surface area contributed by atoms with Crippen LogP contribution in [0.4, 0.5) is 0 Å². The van der Waals surface area contributed by atoms with Gasteiger partial charge in [-0.1, -0.05) is 50.2 Å². The Morgan fingerprint density at radius 1 is 0.871 bits per heavy atom. The molecule has 0 fully saturated rings. The van der Waals surface area contributed by atoms with Crippen LogP contribution in [-0.2, 0) is 6.42 Å². The van der Waals surface area contributed by atoms with E-state index in [1.165, 1.54) is 16.7 Å². The highest BCUT2D eigenvalue weighted by atomic mass is 16.5. The zero-order valence-electron chi connectivity index (χ0n) is 18.5. The lowest BCUT2D eigenvalue weighted by atomic mass is 9.89. The fourth-order valence-corrected chi connectivity index (χ4v) is 4.14. The van der Waals surface area contributed by atoms with E-state index in [2.05, 4.69) is 60.5 Å². The molecule has 4 rings (SSSR count). The van der Waals surface area contributed by atoms with Gasteiger partial charge in [0.1, 0.15) is 23.9 Å². The van der Waals surface area contributed by atoms with E-state index in [1.54, 1.807) is 0 Å². The number of benzene rings is 3. The van der Waals surface area contributed by atoms with Gasteiger partial charge in [0.25, 0.3) is 0 Å². The first-order chi connectivity index (χ1) is 15.3. The Balaban J connectivity index is 1.47. The van der Waals surface area contributed by atoms with Crippen molar-refractivity contribution in [3.63, 3.8) is 0 Å². The largest absolute Gasteiger partial charge is 0.492 e. The average molecular weight is 417 g/mol. The van der Waals surface area contributed by atoms with Gasteiger partial charge in [0.15, 0.2) is 0 Å². The van der Waals surface area contributed by atoms with Gasteiger partial charge in [-0.05, 0) is 72.6 Å². The van der Waals surface area contributed by atoms with Crippen LogP contribution in [0, 0.1) is 0 Å². The summed E-state index contributed by atoms with van der Waals surface area (Å²) in [7, 11) is 0. The van der Waals surface area contributed by atoms with E-state index in [9.17, 15) is 0 Å². The maximum atomic E-state index is 6.05. The second-order valence-corrected chi connectivity index (χ2v) is 7.86. The second-order valence-electron chi connectivity index (χ2n) is 7.86. The fourth-order valence-electron chi connectivity index (χ4n) is 4.14. The van der Waals surface area contributed by atoms with E-state index < -0.39 is 0 Å². The van der Waals surface area contributed by atoms with Crippen molar-refractivity contribution in [2.75, 3.05) is 32.8 Å². The summed E-state index contributed by atoms with van der Waals surface area (Å²) in [5.74, 6) is 2.67. The zero-order valence-corrected chi connectivity index (χ0v) is 18.5.